The first-order chi connectivity index (χ1) is 12.3. The number of ketones is 1. The summed E-state index contributed by atoms with van der Waals surface area (Å²) in [5.41, 5.74) is 0.589. The summed E-state index contributed by atoms with van der Waals surface area (Å²) in [7, 11) is 1.61. The molecule has 0 radical (unpaired) electrons. The van der Waals surface area contributed by atoms with Gasteiger partial charge in [-0.15, -0.1) is 5.10 Å². The molecule has 0 amide bonds. The van der Waals surface area contributed by atoms with Crippen molar-refractivity contribution in [2.45, 2.75) is 18.4 Å². The number of carboxylic acid groups (broad SMARTS) is 1. The second-order valence-electron chi connectivity index (χ2n) is 5.59. The van der Waals surface area contributed by atoms with E-state index in [4.69, 9.17) is 0 Å². The molecule has 0 saturated carbocycles. The second kappa shape index (κ2) is 8.26. The Morgan fingerprint density at radius 2 is 1.96 bits per heavy atom. The molecule has 1 aromatic heterocycles. The van der Waals surface area contributed by atoms with Gasteiger partial charge in [0.05, 0.1) is 6.10 Å². The summed E-state index contributed by atoms with van der Waals surface area (Å²) in [5.74, 6) is -3.32. The number of nitrogens with zero attached hydrogens (tertiary/aromatic N) is 4. The van der Waals surface area contributed by atoms with E-state index in [0.717, 1.165) is 12.1 Å². The van der Waals surface area contributed by atoms with Gasteiger partial charge in [0.15, 0.2) is 11.6 Å². The summed E-state index contributed by atoms with van der Waals surface area (Å²) in [6.07, 6.45) is 0.660. The molecule has 2 N–H and O–H groups in total. The number of allylic oxidation sites excluding steroid dienone is 3. The zero-order valence-electron chi connectivity index (χ0n) is 13.9. The molecule has 0 bridgehead atoms. The van der Waals surface area contributed by atoms with Crippen molar-refractivity contribution in [3.05, 3.63) is 60.2 Å². The number of tetrazole rings is 1. The highest BCUT2D eigenvalue weighted by Crippen LogP contribution is 2.23. The van der Waals surface area contributed by atoms with Crippen LogP contribution >= 0.6 is 0 Å². The maximum atomic E-state index is 13.0. The molecule has 9 heteroatoms. The fourth-order valence-corrected chi connectivity index (χ4v) is 2.36. The molecule has 2 rings (SSSR count). The molecule has 0 aliphatic carbocycles. The number of benzene rings is 1. The number of carbonyl (C=O) groups is 2. The highest BCUT2D eigenvalue weighted by atomic mass is 19.1. The summed E-state index contributed by atoms with van der Waals surface area (Å²) >= 11 is 0. The number of aliphatic hydroxyl groups excluding tert-OH is 1. The predicted octanol–water partition coefficient (Wildman–Crippen LogP) is 1.11. The number of hydrogen-bond donors (Lipinski definition) is 2. The minimum Gasteiger partial charge on any atom is -0.481 e. The van der Waals surface area contributed by atoms with Gasteiger partial charge < -0.3 is 10.2 Å². The van der Waals surface area contributed by atoms with Crippen LogP contribution in [-0.4, -0.2) is 48.3 Å². The van der Waals surface area contributed by atoms with Gasteiger partial charge in [-0.2, -0.15) is 0 Å². The number of aryl methyl sites for hydroxylation is 1. The van der Waals surface area contributed by atoms with Crippen LogP contribution in [0.4, 0.5) is 4.39 Å². The molecule has 1 heterocycles. The lowest BCUT2D eigenvalue weighted by Gasteiger charge is -2.18. The van der Waals surface area contributed by atoms with Crippen LogP contribution in [0, 0.1) is 5.82 Å². The van der Waals surface area contributed by atoms with Crippen molar-refractivity contribution in [1.29, 1.82) is 0 Å². The summed E-state index contributed by atoms with van der Waals surface area (Å²) in [6.45, 7) is 3.73. The van der Waals surface area contributed by atoms with Gasteiger partial charge in [-0.3, -0.25) is 9.59 Å². The standard InChI is InChI=1S/C17H17FN4O4/c1-10(16-19-20-21-22(16)2)3-8-13(23)9-14(24)15(17(25)26)11-4-6-12(18)7-5-11/h3-8,14-15,24H,1,9H2,2H3,(H,25,26). The quantitative estimate of drug-likeness (QED) is 0.535. The fraction of sp³-hybridized carbons (Fsp3) is 0.235. The van der Waals surface area contributed by atoms with Gasteiger partial charge >= 0.3 is 5.97 Å². The number of carboxylic acids is 1. The lowest BCUT2D eigenvalue weighted by Crippen LogP contribution is -2.28. The highest BCUT2D eigenvalue weighted by Gasteiger charge is 2.29. The van der Waals surface area contributed by atoms with Gasteiger partial charge in [-0.05, 0) is 40.3 Å². The van der Waals surface area contributed by atoms with E-state index < -0.39 is 36.0 Å². The minimum atomic E-state index is -1.47. The Morgan fingerprint density at radius 3 is 2.50 bits per heavy atom. The van der Waals surface area contributed by atoms with Crippen molar-refractivity contribution in [1.82, 2.24) is 20.2 Å². The van der Waals surface area contributed by atoms with E-state index in [-0.39, 0.29) is 5.56 Å². The van der Waals surface area contributed by atoms with Crippen LogP contribution in [0.15, 0.2) is 43.0 Å². The maximum Gasteiger partial charge on any atom is 0.313 e. The second-order valence-corrected chi connectivity index (χ2v) is 5.59. The summed E-state index contributed by atoms with van der Waals surface area (Å²) in [5, 5.41) is 30.3. The Balaban J connectivity index is 2.05. The SMILES string of the molecule is C=C(C=CC(=O)CC(O)C(C(=O)O)c1ccc(F)cc1)c1nnnn1C. The van der Waals surface area contributed by atoms with Crippen LogP contribution in [0.2, 0.25) is 0 Å². The molecule has 1 aromatic carbocycles. The van der Waals surface area contributed by atoms with Crippen LogP contribution in [0.5, 0.6) is 0 Å². The van der Waals surface area contributed by atoms with E-state index in [1.165, 1.54) is 29.0 Å². The van der Waals surface area contributed by atoms with E-state index in [0.29, 0.717) is 11.4 Å². The Hall–Kier alpha value is -3.20. The van der Waals surface area contributed by atoms with Gasteiger partial charge in [-0.1, -0.05) is 18.7 Å². The third kappa shape index (κ3) is 4.67. The van der Waals surface area contributed by atoms with Crippen LogP contribution in [-0.2, 0) is 16.6 Å². The first-order valence-corrected chi connectivity index (χ1v) is 7.58. The third-order valence-electron chi connectivity index (χ3n) is 3.67. The van der Waals surface area contributed by atoms with Crippen molar-refractivity contribution < 1.29 is 24.2 Å². The summed E-state index contributed by atoms with van der Waals surface area (Å²) < 4.78 is 14.4. The van der Waals surface area contributed by atoms with E-state index in [2.05, 4.69) is 22.1 Å². The third-order valence-corrected chi connectivity index (χ3v) is 3.67. The Bertz CT molecular complexity index is 845. The normalized spacial score (nSPS) is 13.5. The van der Waals surface area contributed by atoms with Crippen LogP contribution < -0.4 is 0 Å². The Kier molecular flexibility index (Phi) is 6.07. The molecular formula is C17H17FN4O4. The number of halogens is 1. The van der Waals surface area contributed by atoms with Crippen molar-refractivity contribution in [2.75, 3.05) is 0 Å². The molecular weight excluding hydrogens is 343 g/mol. The Labute approximate surface area is 148 Å². The average Bonchev–Trinajstić information content (AvgIpc) is 3.00. The fourth-order valence-electron chi connectivity index (χ4n) is 2.36. The lowest BCUT2D eigenvalue weighted by atomic mass is 9.90. The van der Waals surface area contributed by atoms with Crippen LogP contribution in [0.1, 0.15) is 23.7 Å². The lowest BCUT2D eigenvalue weighted by molar-refractivity contribution is -0.141. The van der Waals surface area contributed by atoms with Crippen molar-refractivity contribution >= 4 is 17.3 Å². The number of aliphatic carboxylic acids is 1. The van der Waals surface area contributed by atoms with Crippen molar-refractivity contribution in [2.24, 2.45) is 7.05 Å². The molecule has 0 saturated heterocycles. The van der Waals surface area contributed by atoms with Gasteiger partial charge in [0.25, 0.3) is 0 Å². The number of carbonyl (C=O) groups excluding carboxylic acids is 1. The molecule has 2 unspecified atom stereocenters. The smallest absolute Gasteiger partial charge is 0.313 e. The molecule has 0 fully saturated rings. The minimum absolute atomic E-state index is 0.206. The molecule has 0 aliphatic rings. The first-order valence-electron chi connectivity index (χ1n) is 7.58. The summed E-state index contributed by atoms with van der Waals surface area (Å²) in [4.78, 5) is 23.5. The number of hydrogen-bond acceptors (Lipinski definition) is 6. The average molecular weight is 360 g/mol. The van der Waals surface area contributed by atoms with Crippen molar-refractivity contribution in [3.63, 3.8) is 0 Å². The van der Waals surface area contributed by atoms with Crippen molar-refractivity contribution in [3.8, 4) is 0 Å². The summed E-state index contributed by atoms with van der Waals surface area (Å²) in [6, 6.07) is 4.72. The molecule has 8 nitrogen and oxygen atoms in total. The van der Waals surface area contributed by atoms with E-state index >= 15 is 0 Å². The van der Waals surface area contributed by atoms with E-state index in [9.17, 15) is 24.2 Å². The van der Waals surface area contributed by atoms with Gasteiger partial charge in [0, 0.05) is 19.0 Å². The zero-order valence-corrected chi connectivity index (χ0v) is 13.9. The Morgan fingerprint density at radius 1 is 1.31 bits per heavy atom. The van der Waals surface area contributed by atoms with E-state index in [1.54, 1.807) is 7.05 Å². The highest BCUT2D eigenvalue weighted by molar-refractivity contribution is 5.93. The number of rotatable bonds is 8. The van der Waals surface area contributed by atoms with Crippen LogP contribution in [0.3, 0.4) is 0 Å². The van der Waals surface area contributed by atoms with Crippen LogP contribution in [0.25, 0.3) is 5.57 Å². The molecule has 2 atom stereocenters. The molecule has 136 valence electrons. The maximum absolute atomic E-state index is 13.0. The molecule has 26 heavy (non-hydrogen) atoms. The topological polar surface area (TPSA) is 118 Å². The van der Waals surface area contributed by atoms with E-state index in [1.807, 2.05) is 0 Å². The number of aliphatic hydroxyl groups is 1. The van der Waals surface area contributed by atoms with Gasteiger partial charge in [-0.25, -0.2) is 9.07 Å². The molecule has 0 aliphatic heterocycles. The largest absolute Gasteiger partial charge is 0.481 e. The molecule has 0 spiro atoms. The first kappa shape index (κ1) is 19.1. The van der Waals surface area contributed by atoms with Gasteiger partial charge in [0.1, 0.15) is 11.7 Å². The van der Waals surface area contributed by atoms with Gasteiger partial charge in [0.2, 0.25) is 0 Å². The zero-order chi connectivity index (χ0) is 19.3. The predicted molar refractivity (Wildman–Crippen MR) is 89.4 cm³/mol. The molecule has 2 aromatic rings. The number of aromatic nitrogens is 4. The monoisotopic (exact) mass is 360 g/mol.